The normalized spacial score (nSPS) is 12.8. The summed E-state index contributed by atoms with van der Waals surface area (Å²) in [6.45, 7) is 18.6. The number of nitriles is 1. The molecule has 0 saturated heterocycles. The summed E-state index contributed by atoms with van der Waals surface area (Å²) >= 11 is 5.26. The van der Waals surface area contributed by atoms with Crippen molar-refractivity contribution in [2.45, 2.75) is 131 Å². The Morgan fingerprint density at radius 1 is 0.571 bits per heavy atom. The monoisotopic (exact) mass is 1170 g/mol. The van der Waals surface area contributed by atoms with Gasteiger partial charge in [0, 0.05) is 24.4 Å². The van der Waals surface area contributed by atoms with E-state index >= 15 is 0 Å². The number of thiocarbonyl (C=S) groups is 1. The van der Waals surface area contributed by atoms with E-state index in [1.807, 2.05) is 97.1 Å². The number of halogens is 6. The van der Waals surface area contributed by atoms with Gasteiger partial charge in [0.1, 0.15) is 12.1 Å². The molecule has 1 amide bonds. The molecule has 0 fully saturated rings. The maximum absolute atomic E-state index is 13.9. The third-order valence-electron chi connectivity index (χ3n) is 15.6. The zero-order valence-electron chi connectivity index (χ0n) is 49.8. The highest BCUT2D eigenvalue weighted by molar-refractivity contribution is 7.80. The molecular formula is C70H80F6N6OS. The summed E-state index contributed by atoms with van der Waals surface area (Å²) < 4.78 is 79.8. The lowest BCUT2D eigenvalue weighted by Crippen LogP contribution is -2.55. The van der Waals surface area contributed by atoms with E-state index in [0.717, 1.165) is 36.8 Å². The van der Waals surface area contributed by atoms with E-state index in [9.17, 15) is 36.4 Å². The van der Waals surface area contributed by atoms with Gasteiger partial charge in [-0.25, -0.2) is 0 Å². The number of benzene rings is 7. The zero-order chi connectivity index (χ0) is 61.7. The number of anilines is 1. The van der Waals surface area contributed by atoms with Crippen molar-refractivity contribution in [2.75, 3.05) is 12.4 Å². The van der Waals surface area contributed by atoms with E-state index in [-0.39, 0.29) is 46.0 Å². The molecule has 0 aliphatic carbocycles. The molecule has 0 unspecified atom stereocenters. The molecule has 444 valence electrons. The van der Waals surface area contributed by atoms with Crippen LogP contribution in [0.15, 0.2) is 205 Å². The summed E-state index contributed by atoms with van der Waals surface area (Å²) in [6.07, 6.45) is -3.67. The quantitative estimate of drug-likeness (QED) is 0.0424. The number of rotatable bonds is 19. The number of likely N-dealkylation sites (N-methyl/N-ethyl adjacent to an activating group) is 1. The van der Waals surface area contributed by atoms with Gasteiger partial charge < -0.3 is 15.5 Å². The van der Waals surface area contributed by atoms with Crippen LogP contribution in [0.1, 0.15) is 151 Å². The second-order valence-corrected chi connectivity index (χ2v) is 23.0. The first-order chi connectivity index (χ1) is 39.8. The van der Waals surface area contributed by atoms with Gasteiger partial charge in [0.15, 0.2) is 5.11 Å². The number of nitrogens with one attached hydrogen (secondary N) is 3. The Balaban J connectivity index is 0.000000249. The van der Waals surface area contributed by atoms with Crippen LogP contribution in [0.3, 0.4) is 0 Å². The predicted molar refractivity (Wildman–Crippen MR) is 334 cm³/mol. The predicted octanol–water partition coefficient (Wildman–Crippen LogP) is 18.4. The van der Waals surface area contributed by atoms with Gasteiger partial charge in [0.2, 0.25) is 5.91 Å². The summed E-state index contributed by atoms with van der Waals surface area (Å²) in [6, 6.07) is 62.5. The minimum absolute atomic E-state index is 0.0273. The van der Waals surface area contributed by atoms with Gasteiger partial charge in [-0.2, -0.15) is 31.6 Å². The van der Waals surface area contributed by atoms with Crippen LogP contribution >= 0.6 is 12.2 Å². The van der Waals surface area contributed by atoms with Crippen LogP contribution in [-0.4, -0.2) is 41.3 Å². The third kappa shape index (κ3) is 19.2. The van der Waals surface area contributed by atoms with E-state index < -0.39 is 46.7 Å². The van der Waals surface area contributed by atoms with Crippen LogP contribution in [0.25, 0.3) is 0 Å². The van der Waals surface area contributed by atoms with E-state index in [1.165, 1.54) is 22.3 Å². The number of hydrogen-bond acceptors (Lipinski definition) is 5. The zero-order valence-corrected chi connectivity index (χ0v) is 50.6. The first-order valence-corrected chi connectivity index (χ1v) is 28.8. The highest BCUT2D eigenvalue weighted by atomic mass is 32.1. The van der Waals surface area contributed by atoms with Crippen molar-refractivity contribution in [3.05, 3.63) is 245 Å². The maximum atomic E-state index is 13.9. The summed E-state index contributed by atoms with van der Waals surface area (Å²) in [7, 11) is 1.63. The topological polar surface area (TPSA) is 92.6 Å². The fourth-order valence-corrected chi connectivity index (χ4v) is 9.67. The van der Waals surface area contributed by atoms with E-state index in [4.69, 9.17) is 17.2 Å². The summed E-state index contributed by atoms with van der Waals surface area (Å²) in [5.41, 5.74) is 2.49. The Hall–Kier alpha value is -7.60. The van der Waals surface area contributed by atoms with Crippen LogP contribution in [-0.2, 0) is 17.1 Å². The second-order valence-electron chi connectivity index (χ2n) is 22.6. The standard InChI is InChI=1S/C29H29F6N3OS.C21H26N2.C20H25N/c1-27(2,3)24(25(39)38(4)23(18-11-7-5-8-12-18)19-13-9-6-10-14-19)37-26(40)36-22-16-20(28(30,31)32)15-21(17-22)29(33,34)35;1-4-21(3,5-2)19(16-22)23-20(17-12-8-6-9-13-17)18-14-10-7-11-15-18;1-4-20(3,5-2)16-21-19(17-12-8-6-9-13-17)18-14-10-7-11-15-18/h5-17,23-24H,1-4H3,(H2,36,37,40);6-15,19-20,23H,4-5H2,1-3H3;6-16,19H,4-5H2,1-3H3/t24-;19-;/m10./s1. The lowest BCUT2D eigenvalue weighted by atomic mass is 9.77. The van der Waals surface area contributed by atoms with E-state index in [0.29, 0.717) is 12.1 Å². The molecule has 0 bridgehead atoms. The molecule has 0 aliphatic heterocycles. The van der Waals surface area contributed by atoms with Gasteiger partial charge in [0.05, 0.1) is 35.3 Å². The maximum Gasteiger partial charge on any atom is 0.416 e. The van der Waals surface area contributed by atoms with Crippen molar-refractivity contribution in [2.24, 2.45) is 21.2 Å². The van der Waals surface area contributed by atoms with Gasteiger partial charge >= 0.3 is 12.4 Å². The molecule has 7 nitrogen and oxygen atoms in total. The molecule has 0 heterocycles. The Morgan fingerprint density at radius 2 is 0.929 bits per heavy atom. The largest absolute Gasteiger partial charge is 0.416 e. The second kappa shape index (κ2) is 30.8. The van der Waals surface area contributed by atoms with Gasteiger partial charge in [0.25, 0.3) is 0 Å². The smallest absolute Gasteiger partial charge is 0.350 e. The molecule has 0 radical (unpaired) electrons. The van der Waals surface area contributed by atoms with Crippen LogP contribution in [0.2, 0.25) is 0 Å². The van der Waals surface area contributed by atoms with Crippen molar-refractivity contribution < 1.29 is 31.1 Å². The molecular weight excluding hydrogens is 1090 g/mol. The third-order valence-corrected chi connectivity index (χ3v) is 15.8. The number of carbonyl (C=O) groups is 1. The van der Waals surface area contributed by atoms with Crippen LogP contribution in [0.5, 0.6) is 0 Å². The lowest BCUT2D eigenvalue weighted by molar-refractivity contribution is -0.143. The number of alkyl halides is 6. The van der Waals surface area contributed by atoms with Crippen LogP contribution < -0.4 is 16.0 Å². The first-order valence-electron chi connectivity index (χ1n) is 28.4. The lowest BCUT2D eigenvalue weighted by Gasteiger charge is -2.37. The first kappa shape index (κ1) is 67.2. The van der Waals surface area contributed by atoms with Crippen molar-refractivity contribution in [1.29, 1.82) is 5.26 Å². The average molecular weight is 1170 g/mol. The van der Waals surface area contributed by atoms with E-state index in [1.54, 1.807) is 32.7 Å². The fourth-order valence-electron chi connectivity index (χ4n) is 9.43. The van der Waals surface area contributed by atoms with Crippen molar-refractivity contribution >= 4 is 35.1 Å². The van der Waals surface area contributed by atoms with Gasteiger partial charge in [-0.1, -0.05) is 244 Å². The molecule has 0 spiro atoms. The summed E-state index contributed by atoms with van der Waals surface area (Å²) in [5, 5.41) is 18.3. The number of aliphatic imine (C=N–C) groups is 1. The number of hydrogen-bond donors (Lipinski definition) is 3. The highest BCUT2D eigenvalue weighted by Gasteiger charge is 2.39. The molecule has 0 aliphatic rings. The van der Waals surface area contributed by atoms with Gasteiger partial charge in [-0.05, 0) is 100 Å². The Bertz CT molecular complexity index is 3010. The number of amides is 1. The SMILES string of the molecule is CCC(C)(C=NC(c1ccccc1)c1ccccc1)CC.CCC(C)(CC)[C@H](C#N)NC(c1ccccc1)c1ccccc1.CN(C(=O)[C@@H](NC(=S)Nc1cc(C(F)(F)F)cc(C(F)(F)F)c1)C(C)(C)C)C(c1ccccc1)c1ccccc1. The van der Waals surface area contributed by atoms with Gasteiger partial charge in [-0.15, -0.1) is 0 Å². The molecule has 7 aromatic rings. The minimum atomic E-state index is -5.01. The number of nitrogens with zero attached hydrogens (tertiary/aromatic N) is 3. The average Bonchev–Trinajstić information content (AvgIpc) is 3.04. The van der Waals surface area contributed by atoms with Crippen molar-refractivity contribution in [3.8, 4) is 6.07 Å². The summed E-state index contributed by atoms with van der Waals surface area (Å²) in [5.74, 6) is -0.380. The fraction of sp³-hybridized carbons (Fsp3) is 0.343. The molecule has 0 saturated carbocycles. The van der Waals surface area contributed by atoms with Crippen LogP contribution in [0, 0.1) is 27.6 Å². The molecule has 0 aromatic heterocycles. The molecule has 14 heteroatoms. The number of carbonyl (C=O) groups excluding carboxylic acids is 1. The van der Waals surface area contributed by atoms with E-state index in [2.05, 4.69) is 155 Å². The molecule has 7 rings (SSSR count). The summed E-state index contributed by atoms with van der Waals surface area (Å²) in [4.78, 5) is 20.4. The van der Waals surface area contributed by atoms with Gasteiger partial charge in [-0.3, -0.25) is 15.1 Å². The Labute approximate surface area is 499 Å². The molecule has 2 atom stereocenters. The molecule has 7 aromatic carbocycles. The highest BCUT2D eigenvalue weighted by Crippen LogP contribution is 2.39. The Morgan fingerprint density at radius 3 is 1.25 bits per heavy atom. The minimum Gasteiger partial charge on any atom is -0.350 e. The van der Waals surface area contributed by atoms with Crippen molar-refractivity contribution in [3.63, 3.8) is 0 Å². The van der Waals surface area contributed by atoms with Crippen LogP contribution in [0.4, 0.5) is 32.0 Å². The Kier molecular flexibility index (Phi) is 24.6. The molecule has 3 N–H and O–H groups in total. The molecule has 84 heavy (non-hydrogen) atoms. The van der Waals surface area contributed by atoms with Crippen molar-refractivity contribution in [1.82, 2.24) is 15.5 Å².